The van der Waals surface area contributed by atoms with Crippen molar-refractivity contribution >= 4 is 34.3 Å². The number of hydrogen-bond donors (Lipinski definition) is 0. The Hall–Kier alpha value is -3.66. The van der Waals surface area contributed by atoms with E-state index in [1.807, 2.05) is 19.9 Å². The van der Waals surface area contributed by atoms with Crippen molar-refractivity contribution < 1.29 is 0 Å². The molecule has 0 radical (unpaired) electrons. The van der Waals surface area contributed by atoms with Crippen LogP contribution in [0, 0.1) is 6.92 Å². The van der Waals surface area contributed by atoms with Crippen molar-refractivity contribution in [1.29, 1.82) is 0 Å². The molecule has 34 heavy (non-hydrogen) atoms. The summed E-state index contributed by atoms with van der Waals surface area (Å²) in [6.07, 6.45) is 8.29. The predicted octanol–water partition coefficient (Wildman–Crippen LogP) is 4.83. The number of rotatable bonds is 5. The molecule has 0 spiro atoms. The molecule has 1 aliphatic heterocycles. The van der Waals surface area contributed by atoms with Crippen LogP contribution in [0.25, 0.3) is 28.5 Å². The van der Waals surface area contributed by atoms with Gasteiger partial charge in [-0.25, -0.2) is 9.97 Å². The maximum absolute atomic E-state index is 4.92. The third-order valence-electron chi connectivity index (χ3n) is 6.60. The van der Waals surface area contributed by atoms with Gasteiger partial charge < -0.3 is 9.80 Å². The number of aromatic nitrogens is 2. The number of allylic oxidation sites excluding steroid dienone is 3. The topological polar surface area (TPSA) is 32.3 Å². The molecule has 1 aromatic heterocycles. The standard InChI is InChI=1S/C30H34N4/c1-7-22(4)33-18-19-34(23(5)20-33)30-28(29(8-2)31-24(6)32-30)17-16-21(3)26-15-11-13-25-12-9-10-14-27(25)26/h7-17,23H,1,4,18-20H2,2-3,5-6H3/b21-16+,28-17+,29-8-. The molecule has 0 amide bonds. The highest BCUT2D eigenvalue weighted by atomic mass is 15.3. The quantitative estimate of drug-likeness (QED) is 0.521. The van der Waals surface area contributed by atoms with Crippen LogP contribution in [0.15, 0.2) is 73.5 Å². The van der Waals surface area contributed by atoms with Crippen LogP contribution in [0.1, 0.15) is 32.2 Å². The number of anilines is 1. The number of benzene rings is 2. The maximum Gasteiger partial charge on any atom is 0.140 e. The van der Waals surface area contributed by atoms with Crippen molar-refractivity contribution in [2.24, 2.45) is 0 Å². The molecular formula is C30H34N4. The molecule has 4 heteroatoms. The van der Waals surface area contributed by atoms with Crippen LogP contribution < -0.4 is 15.5 Å². The van der Waals surface area contributed by atoms with E-state index < -0.39 is 0 Å². The average Bonchev–Trinajstić information content (AvgIpc) is 2.86. The highest BCUT2D eigenvalue weighted by Gasteiger charge is 2.26. The minimum Gasteiger partial charge on any atom is -0.368 e. The molecule has 2 aromatic carbocycles. The molecule has 0 aliphatic carbocycles. The average molecular weight is 451 g/mol. The Balaban J connectivity index is 1.79. The molecule has 0 N–H and O–H groups in total. The van der Waals surface area contributed by atoms with Gasteiger partial charge in [0.05, 0.1) is 5.35 Å². The predicted molar refractivity (Wildman–Crippen MR) is 146 cm³/mol. The van der Waals surface area contributed by atoms with Gasteiger partial charge in [0.2, 0.25) is 0 Å². The van der Waals surface area contributed by atoms with E-state index in [9.17, 15) is 0 Å². The lowest BCUT2D eigenvalue weighted by atomic mass is 9.99. The number of aryl methyl sites for hydroxylation is 1. The van der Waals surface area contributed by atoms with Crippen molar-refractivity contribution in [3.63, 3.8) is 0 Å². The normalized spacial score (nSPS) is 18.0. The van der Waals surface area contributed by atoms with E-state index in [1.54, 1.807) is 0 Å². The van der Waals surface area contributed by atoms with E-state index >= 15 is 0 Å². The summed E-state index contributed by atoms with van der Waals surface area (Å²) >= 11 is 0. The molecule has 2 heterocycles. The third-order valence-corrected chi connectivity index (χ3v) is 6.60. The second-order valence-electron chi connectivity index (χ2n) is 8.91. The lowest BCUT2D eigenvalue weighted by molar-refractivity contribution is 0.291. The number of piperazine rings is 1. The Kier molecular flexibility index (Phi) is 6.97. The van der Waals surface area contributed by atoms with Crippen LogP contribution in [-0.2, 0) is 0 Å². The van der Waals surface area contributed by atoms with Crippen molar-refractivity contribution in [1.82, 2.24) is 14.9 Å². The summed E-state index contributed by atoms with van der Waals surface area (Å²) in [5.41, 5.74) is 3.44. The summed E-state index contributed by atoms with van der Waals surface area (Å²) in [4.78, 5) is 14.4. The fourth-order valence-corrected chi connectivity index (χ4v) is 4.72. The zero-order chi connectivity index (χ0) is 24.2. The second kappa shape index (κ2) is 10.1. The summed E-state index contributed by atoms with van der Waals surface area (Å²) in [5.74, 6) is 1.79. The van der Waals surface area contributed by atoms with E-state index in [0.717, 1.165) is 47.5 Å². The summed E-state index contributed by atoms with van der Waals surface area (Å²) < 4.78 is 0. The molecular weight excluding hydrogens is 416 g/mol. The minimum atomic E-state index is 0.291. The summed E-state index contributed by atoms with van der Waals surface area (Å²) in [7, 11) is 0. The van der Waals surface area contributed by atoms with Crippen LogP contribution in [0.4, 0.5) is 5.82 Å². The Morgan fingerprint density at radius 1 is 1.09 bits per heavy atom. The molecule has 1 atom stereocenters. The first-order chi connectivity index (χ1) is 16.4. The number of fused-ring (bicyclic) bond motifs is 1. The van der Waals surface area contributed by atoms with E-state index in [1.165, 1.54) is 21.9 Å². The van der Waals surface area contributed by atoms with Gasteiger partial charge in [0.1, 0.15) is 11.6 Å². The Morgan fingerprint density at radius 3 is 2.59 bits per heavy atom. The van der Waals surface area contributed by atoms with Gasteiger partial charge in [-0.1, -0.05) is 67.8 Å². The minimum absolute atomic E-state index is 0.291. The van der Waals surface area contributed by atoms with Gasteiger partial charge in [-0.05, 0) is 61.8 Å². The Morgan fingerprint density at radius 2 is 1.85 bits per heavy atom. The molecule has 0 bridgehead atoms. The van der Waals surface area contributed by atoms with Crippen molar-refractivity contribution in [3.8, 4) is 0 Å². The molecule has 0 saturated carbocycles. The van der Waals surface area contributed by atoms with E-state index in [-0.39, 0.29) is 0 Å². The molecule has 1 unspecified atom stereocenters. The Bertz CT molecular complexity index is 1380. The first kappa shape index (κ1) is 23.5. The number of hydrogen-bond acceptors (Lipinski definition) is 4. The lowest BCUT2D eigenvalue weighted by Crippen LogP contribution is -2.54. The van der Waals surface area contributed by atoms with Crippen molar-refractivity contribution in [3.05, 3.63) is 95.4 Å². The summed E-state index contributed by atoms with van der Waals surface area (Å²) in [6, 6.07) is 15.3. The molecule has 4 nitrogen and oxygen atoms in total. The third kappa shape index (κ3) is 4.67. The SMILES string of the molecule is C=CC(=C)N1CCN(c2nc(C)nc(=C\C)/c2=C\C=C(/C)c2cccc3ccccc23)C(C)C1. The first-order valence-electron chi connectivity index (χ1n) is 11.9. The van der Waals surface area contributed by atoms with Crippen LogP contribution in [-0.4, -0.2) is 40.5 Å². The van der Waals surface area contributed by atoms with Crippen LogP contribution in [0.3, 0.4) is 0 Å². The molecule has 174 valence electrons. The Labute approximate surface area is 203 Å². The van der Waals surface area contributed by atoms with Gasteiger partial charge in [0.15, 0.2) is 0 Å². The van der Waals surface area contributed by atoms with Crippen molar-refractivity contribution in [2.75, 3.05) is 24.5 Å². The fourth-order valence-electron chi connectivity index (χ4n) is 4.72. The lowest BCUT2D eigenvalue weighted by Gasteiger charge is -2.42. The fraction of sp³-hybridized carbons (Fsp3) is 0.267. The van der Waals surface area contributed by atoms with Gasteiger partial charge >= 0.3 is 0 Å². The van der Waals surface area contributed by atoms with Crippen LogP contribution >= 0.6 is 0 Å². The number of nitrogens with zero attached hydrogens (tertiary/aromatic N) is 4. The molecule has 1 fully saturated rings. The smallest absolute Gasteiger partial charge is 0.140 e. The highest BCUT2D eigenvalue weighted by molar-refractivity contribution is 5.94. The van der Waals surface area contributed by atoms with Crippen LogP contribution in [0.2, 0.25) is 0 Å². The summed E-state index contributed by atoms with van der Waals surface area (Å²) in [5, 5.41) is 4.55. The molecule has 4 rings (SSSR count). The molecule has 3 aromatic rings. The van der Waals surface area contributed by atoms with Crippen molar-refractivity contribution in [2.45, 2.75) is 33.7 Å². The van der Waals surface area contributed by atoms with Gasteiger partial charge in [0.25, 0.3) is 0 Å². The van der Waals surface area contributed by atoms with Gasteiger partial charge in [-0.2, -0.15) is 0 Å². The van der Waals surface area contributed by atoms with Gasteiger partial charge in [-0.3, -0.25) is 0 Å². The highest BCUT2D eigenvalue weighted by Crippen LogP contribution is 2.25. The summed E-state index contributed by atoms with van der Waals surface area (Å²) in [6.45, 7) is 19.1. The van der Waals surface area contributed by atoms with E-state index in [2.05, 4.69) is 97.5 Å². The zero-order valence-electron chi connectivity index (χ0n) is 20.8. The first-order valence-corrected chi connectivity index (χ1v) is 11.9. The van der Waals surface area contributed by atoms with E-state index in [0.29, 0.717) is 6.04 Å². The molecule has 1 saturated heterocycles. The van der Waals surface area contributed by atoms with Crippen LogP contribution in [0.5, 0.6) is 0 Å². The van der Waals surface area contributed by atoms with E-state index in [4.69, 9.17) is 9.97 Å². The maximum atomic E-state index is 4.92. The molecule has 1 aliphatic rings. The van der Waals surface area contributed by atoms with Gasteiger partial charge in [-0.15, -0.1) is 0 Å². The van der Waals surface area contributed by atoms with Gasteiger partial charge in [0, 0.05) is 36.6 Å². The monoisotopic (exact) mass is 450 g/mol. The largest absolute Gasteiger partial charge is 0.368 e. The second-order valence-corrected chi connectivity index (χ2v) is 8.91. The zero-order valence-corrected chi connectivity index (χ0v) is 20.8.